The Morgan fingerprint density at radius 3 is 2.35 bits per heavy atom. The highest BCUT2D eigenvalue weighted by Gasteiger charge is 2.34. The molecule has 0 bridgehead atoms. The standard InChI is InChI=1S/C20H18O6/c1-20(2)4-3-11-18(25)17-14(24)7-10(22)8-15(17)26-19(11)16-12(20)5-9(21)6-13(16)23/h5-8,21-24H,3-4H2,1-2H3. The molecule has 1 aliphatic carbocycles. The zero-order valence-corrected chi connectivity index (χ0v) is 14.3. The average Bonchev–Trinajstić information content (AvgIpc) is 2.62. The summed E-state index contributed by atoms with van der Waals surface area (Å²) in [5.74, 6) is -0.651. The number of benzene rings is 2. The third-order valence-electron chi connectivity index (χ3n) is 5.11. The van der Waals surface area contributed by atoms with Gasteiger partial charge in [0.1, 0.15) is 39.7 Å². The van der Waals surface area contributed by atoms with Crippen molar-refractivity contribution in [1.82, 2.24) is 0 Å². The first-order valence-electron chi connectivity index (χ1n) is 8.27. The van der Waals surface area contributed by atoms with E-state index in [1.54, 1.807) is 6.07 Å². The lowest BCUT2D eigenvalue weighted by atomic mass is 9.79. The lowest BCUT2D eigenvalue weighted by molar-refractivity contribution is 0.438. The van der Waals surface area contributed by atoms with E-state index in [1.807, 2.05) is 13.8 Å². The second kappa shape index (κ2) is 5.17. The first-order valence-corrected chi connectivity index (χ1v) is 8.27. The molecule has 0 radical (unpaired) electrons. The quantitative estimate of drug-likeness (QED) is 0.492. The number of phenolic OH excluding ortho intramolecular Hbond substituents is 4. The van der Waals surface area contributed by atoms with E-state index in [0.29, 0.717) is 29.5 Å². The maximum atomic E-state index is 13.0. The Balaban J connectivity index is 2.19. The Morgan fingerprint density at radius 1 is 0.962 bits per heavy atom. The molecule has 0 saturated carbocycles. The molecule has 0 unspecified atom stereocenters. The summed E-state index contributed by atoms with van der Waals surface area (Å²) in [5, 5.41) is 40.2. The zero-order chi connectivity index (χ0) is 18.8. The first-order chi connectivity index (χ1) is 12.2. The van der Waals surface area contributed by atoms with E-state index < -0.39 is 10.8 Å². The first kappa shape index (κ1) is 16.3. The fourth-order valence-electron chi connectivity index (χ4n) is 3.71. The monoisotopic (exact) mass is 354 g/mol. The molecule has 6 nitrogen and oxygen atoms in total. The van der Waals surface area contributed by atoms with Crippen molar-refractivity contribution >= 4 is 11.0 Å². The maximum absolute atomic E-state index is 13.0. The molecule has 0 saturated heterocycles. The van der Waals surface area contributed by atoms with Gasteiger partial charge in [0.15, 0.2) is 5.43 Å². The van der Waals surface area contributed by atoms with E-state index in [9.17, 15) is 25.2 Å². The van der Waals surface area contributed by atoms with Crippen molar-refractivity contribution in [2.24, 2.45) is 0 Å². The molecule has 0 amide bonds. The molecule has 1 heterocycles. The van der Waals surface area contributed by atoms with E-state index in [-0.39, 0.29) is 39.7 Å². The van der Waals surface area contributed by atoms with Crippen LogP contribution in [0.25, 0.3) is 22.3 Å². The molecule has 0 aliphatic heterocycles. The van der Waals surface area contributed by atoms with Crippen molar-refractivity contribution in [3.8, 4) is 34.3 Å². The van der Waals surface area contributed by atoms with Crippen LogP contribution in [-0.4, -0.2) is 20.4 Å². The molecule has 4 N–H and O–H groups in total. The smallest absolute Gasteiger partial charge is 0.200 e. The Bertz CT molecular complexity index is 1120. The van der Waals surface area contributed by atoms with Gasteiger partial charge in [-0.1, -0.05) is 13.8 Å². The minimum absolute atomic E-state index is 0.000995. The highest BCUT2D eigenvalue weighted by molar-refractivity contribution is 5.88. The van der Waals surface area contributed by atoms with E-state index >= 15 is 0 Å². The third-order valence-corrected chi connectivity index (χ3v) is 5.11. The molecular formula is C20H18O6. The van der Waals surface area contributed by atoms with Gasteiger partial charge in [-0.25, -0.2) is 0 Å². The molecule has 134 valence electrons. The van der Waals surface area contributed by atoms with Gasteiger partial charge < -0.3 is 24.8 Å². The Hall–Kier alpha value is -3.15. The van der Waals surface area contributed by atoms with Crippen LogP contribution in [0.1, 0.15) is 31.4 Å². The highest BCUT2D eigenvalue weighted by Crippen LogP contribution is 2.47. The van der Waals surface area contributed by atoms with Gasteiger partial charge in [0.05, 0.1) is 5.56 Å². The molecule has 0 atom stereocenters. The summed E-state index contributed by atoms with van der Waals surface area (Å²) in [7, 11) is 0. The fraction of sp³-hybridized carbons (Fsp3) is 0.250. The van der Waals surface area contributed by atoms with Crippen LogP contribution in [0.15, 0.2) is 33.5 Å². The molecule has 4 rings (SSSR count). The van der Waals surface area contributed by atoms with E-state index in [2.05, 4.69) is 0 Å². The number of hydrogen-bond donors (Lipinski definition) is 4. The predicted molar refractivity (Wildman–Crippen MR) is 95.9 cm³/mol. The lowest BCUT2D eigenvalue weighted by Gasteiger charge is -2.25. The molecule has 0 spiro atoms. The number of phenols is 4. The Labute approximate surface area is 148 Å². The second-order valence-corrected chi connectivity index (χ2v) is 7.35. The summed E-state index contributed by atoms with van der Waals surface area (Å²) in [6.07, 6.45) is 0.973. The van der Waals surface area contributed by atoms with Gasteiger partial charge in [-0.2, -0.15) is 0 Å². The molecule has 1 aliphatic rings. The number of hydrogen-bond acceptors (Lipinski definition) is 6. The van der Waals surface area contributed by atoms with Crippen molar-refractivity contribution in [3.05, 3.63) is 45.6 Å². The van der Waals surface area contributed by atoms with Crippen LogP contribution in [0.3, 0.4) is 0 Å². The Morgan fingerprint density at radius 2 is 1.62 bits per heavy atom. The highest BCUT2D eigenvalue weighted by atomic mass is 16.3. The molecule has 6 heteroatoms. The lowest BCUT2D eigenvalue weighted by Crippen LogP contribution is -2.18. The molecule has 3 aromatic rings. The van der Waals surface area contributed by atoms with Crippen LogP contribution in [0.4, 0.5) is 0 Å². The van der Waals surface area contributed by atoms with Crippen molar-refractivity contribution < 1.29 is 24.8 Å². The average molecular weight is 354 g/mol. The van der Waals surface area contributed by atoms with E-state index in [1.165, 1.54) is 12.1 Å². The van der Waals surface area contributed by atoms with Crippen molar-refractivity contribution in [1.29, 1.82) is 0 Å². The summed E-state index contributed by atoms with van der Waals surface area (Å²) in [4.78, 5) is 13.0. The van der Waals surface area contributed by atoms with Crippen molar-refractivity contribution in [2.45, 2.75) is 32.1 Å². The van der Waals surface area contributed by atoms with Gasteiger partial charge in [0.25, 0.3) is 0 Å². The number of aromatic hydroxyl groups is 4. The minimum atomic E-state index is -0.428. The zero-order valence-electron chi connectivity index (χ0n) is 14.3. The SMILES string of the molecule is CC1(C)CCc2c(oc3cc(O)cc(O)c3c2=O)-c2c(O)cc(O)cc21. The molecule has 1 aromatic heterocycles. The molecule has 0 fully saturated rings. The molecule has 26 heavy (non-hydrogen) atoms. The second-order valence-electron chi connectivity index (χ2n) is 7.35. The summed E-state index contributed by atoms with van der Waals surface area (Å²) in [6.45, 7) is 3.92. The molecule has 2 aromatic carbocycles. The van der Waals surface area contributed by atoms with Gasteiger partial charge in [0.2, 0.25) is 0 Å². The summed E-state index contributed by atoms with van der Waals surface area (Å²) in [5.41, 5.74) is 0.580. The number of fused-ring (bicyclic) bond motifs is 4. The van der Waals surface area contributed by atoms with Crippen LogP contribution in [0.2, 0.25) is 0 Å². The van der Waals surface area contributed by atoms with Crippen LogP contribution in [-0.2, 0) is 11.8 Å². The number of rotatable bonds is 0. The van der Waals surface area contributed by atoms with Gasteiger partial charge in [0, 0.05) is 23.8 Å². The van der Waals surface area contributed by atoms with Gasteiger partial charge in [-0.15, -0.1) is 0 Å². The summed E-state index contributed by atoms with van der Waals surface area (Å²) in [6, 6.07) is 5.11. The maximum Gasteiger partial charge on any atom is 0.200 e. The minimum Gasteiger partial charge on any atom is -0.508 e. The molecular weight excluding hydrogens is 336 g/mol. The van der Waals surface area contributed by atoms with Gasteiger partial charge >= 0.3 is 0 Å². The van der Waals surface area contributed by atoms with Crippen molar-refractivity contribution in [3.63, 3.8) is 0 Å². The van der Waals surface area contributed by atoms with Crippen LogP contribution < -0.4 is 5.43 Å². The normalized spacial score (nSPS) is 15.3. The summed E-state index contributed by atoms with van der Waals surface area (Å²) < 4.78 is 5.89. The van der Waals surface area contributed by atoms with Crippen LogP contribution >= 0.6 is 0 Å². The van der Waals surface area contributed by atoms with E-state index in [4.69, 9.17) is 4.42 Å². The fourth-order valence-corrected chi connectivity index (χ4v) is 3.71. The van der Waals surface area contributed by atoms with Gasteiger partial charge in [-0.3, -0.25) is 4.79 Å². The van der Waals surface area contributed by atoms with Crippen LogP contribution in [0.5, 0.6) is 23.0 Å². The van der Waals surface area contributed by atoms with Crippen LogP contribution in [0, 0.1) is 0 Å². The van der Waals surface area contributed by atoms with Gasteiger partial charge in [-0.05, 0) is 29.9 Å². The topological polar surface area (TPSA) is 111 Å². The predicted octanol–water partition coefficient (Wildman–Crippen LogP) is 3.51. The van der Waals surface area contributed by atoms with Crippen molar-refractivity contribution in [2.75, 3.05) is 0 Å². The largest absolute Gasteiger partial charge is 0.508 e. The summed E-state index contributed by atoms with van der Waals surface area (Å²) >= 11 is 0. The van der Waals surface area contributed by atoms with E-state index in [0.717, 1.165) is 6.07 Å². The third kappa shape index (κ3) is 2.22. The Kier molecular flexibility index (Phi) is 3.25.